The number of rotatable bonds is 0. The van der Waals surface area contributed by atoms with E-state index < -0.39 is 52.1 Å². The van der Waals surface area contributed by atoms with E-state index in [0.29, 0.717) is 5.56 Å². The van der Waals surface area contributed by atoms with E-state index in [1.807, 2.05) is 0 Å². The lowest BCUT2D eigenvalue weighted by Gasteiger charge is -2.02. The summed E-state index contributed by atoms with van der Waals surface area (Å²) in [5.74, 6) is -13.1. The van der Waals surface area contributed by atoms with Gasteiger partial charge in [0.05, 0.1) is 0 Å². The zero-order chi connectivity index (χ0) is 18.1. The highest BCUT2D eigenvalue weighted by atomic mass is 19.2. The summed E-state index contributed by atoms with van der Waals surface area (Å²) in [6, 6.07) is 0.980. The van der Waals surface area contributed by atoms with Gasteiger partial charge in [-0.2, -0.15) is 0 Å². The Morgan fingerprint density at radius 1 is 0.500 bits per heavy atom. The Balaban J connectivity index is 0.000000425. The molecule has 0 amide bonds. The highest BCUT2D eigenvalue weighted by Crippen LogP contribution is 2.21. The molecule has 0 N–H and O–H groups in total. The Labute approximate surface area is 133 Å². The Hall–Kier alpha value is -2.12. The third kappa shape index (κ3) is 4.04. The number of hydrogen-bond donors (Lipinski definition) is 0. The van der Waals surface area contributed by atoms with Gasteiger partial charge in [0, 0.05) is 5.56 Å². The summed E-state index contributed by atoms with van der Waals surface area (Å²) in [5.41, 5.74) is -0.295. The van der Waals surface area contributed by atoms with Gasteiger partial charge in [0.15, 0.2) is 40.7 Å². The van der Waals surface area contributed by atoms with E-state index in [9.17, 15) is 35.1 Å². The van der Waals surface area contributed by atoms with E-state index in [1.54, 1.807) is 0 Å². The van der Waals surface area contributed by atoms with Gasteiger partial charge in [0.1, 0.15) is 0 Å². The Morgan fingerprint density at radius 3 is 1.25 bits per heavy atom. The second-order valence-corrected chi connectivity index (χ2v) is 4.62. The average molecular weight is 358 g/mol. The molecule has 0 radical (unpaired) electrons. The van der Waals surface area contributed by atoms with Crippen LogP contribution in [0.25, 0.3) is 0 Å². The average Bonchev–Trinajstić information content (AvgIpc) is 2.53. The van der Waals surface area contributed by atoms with Crippen LogP contribution in [0.5, 0.6) is 0 Å². The Kier molecular flexibility index (Phi) is 7.40. The third-order valence-electron chi connectivity index (χ3n) is 3.10. The maximum atomic E-state index is 12.6. The predicted octanol–water partition coefficient (Wildman–Crippen LogP) is 6.05. The van der Waals surface area contributed by atoms with Crippen molar-refractivity contribution in [1.82, 2.24) is 0 Å². The lowest BCUT2D eigenvalue weighted by Crippen LogP contribution is -2.03. The van der Waals surface area contributed by atoms with Crippen molar-refractivity contribution < 1.29 is 35.1 Å². The van der Waals surface area contributed by atoms with E-state index in [-0.39, 0.29) is 13.0 Å². The molecule has 2 rings (SSSR count). The van der Waals surface area contributed by atoms with Crippen molar-refractivity contribution in [1.29, 1.82) is 0 Å². The standard InChI is InChI=1S/C8H7F3.C7H3F5.CH4/c1-4-3-6(9)8(11)7(10)5(4)2;1-2-3(8)5(10)7(12)6(11)4(2)9;/h3H,1-2H3;1H3;1H4. The van der Waals surface area contributed by atoms with Gasteiger partial charge in [-0.3, -0.25) is 0 Å². The molecule has 134 valence electrons. The molecule has 24 heavy (non-hydrogen) atoms. The van der Waals surface area contributed by atoms with E-state index >= 15 is 0 Å². The van der Waals surface area contributed by atoms with Crippen LogP contribution in [0.4, 0.5) is 35.1 Å². The minimum Gasteiger partial charge on any atom is -0.204 e. The zero-order valence-corrected chi connectivity index (χ0v) is 12.1. The molecule has 0 fully saturated rings. The Morgan fingerprint density at radius 2 is 0.833 bits per heavy atom. The summed E-state index contributed by atoms with van der Waals surface area (Å²) in [6.45, 7) is 3.75. The normalized spacial score (nSPS) is 9.96. The molecule has 0 bridgehead atoms. The number of hydrogen-bond acceptors (Lipinski definition) is 0. The topological polar surface area (TPSA) is 0 Å². The maximum absolute atomic E-state index is 12.6. The van der Waals surface area contributed by atoms with Gasteiger partial charge in [0.25, 0.3) is 0 Å². The monoisotopic (exact) mass is 358 g/mol. The molecule has 0 aliphatic heterocycles. The van der Waals surface area contributed by atoms with Crippen LogP contribution in [-0.4, -0.2) is 0 Å². The second-order valence-electron chi connectivity index (χ2n) is 4.62. The van der Waals surface area contributed by atoms with Crippen LogP contribution < -0.4 is 0 Å². The van der Waals surface area contributed by atoms with Crippen LogP contribution in [-0.2, 0) is 0 Å². The van der Waals surface area contributed by atoms with Crippen molar-refractivity contribution >= 4 is 0 Å². The molecule has 0 aromatic heterocycles. The molecule has 0 heterocycles. The number of aryl methyl sites for hydroxylation is 1. The van der Waals surface area contributed by atoms with Crippen molar-refractivity contribution in [2.45, 2.75) is 28.2 Å². The molecule has 0 saturated carbocycles. The zero-order valence-electron chi connectivity index (χ0n) is 12.1. The SMILES string of the molecule is C.Cc1c(F)c(F)c(F)c(F)c1F.Cc1cc(F)c(F)c(F)c1C. The fourth-order valence-electron chi connectivity index (χ4n) is 1.52. The van der Waals surface area contributed by atoms with Crippen molar-refractivity contribution in [2.75, 3.05) is 0 Å². The predicted molar refractivity (Wildman–Crippen MR) is 73.5 cm³/mol. The molecule has 0 aliphatic rings. The summed E-state index contributed by atoms with van der Waals surface area (Å²) in [4.78, 5) is 0. The van der Waals surface area contributed by atoms with Crippen molar-refractivity contribution in [3.8, 4) is 0 Å². The van der Waals surface area contributed by atoms with Crippen molar-refractivity contribution in [3.05, 3.63) is 69.3 Å². The summed E-state index contributed by atoms with van der Waals surface area (Å²) < 4.78 is 99.0. The molecule has 0 unspecified atom stereocenters. The molecular weight excluding hydrogens is 344 g/mol. The van der Waals surface area contributed by atoms with Crippen LogP contribution in [0, 0.1) is 67.3 Å². The first kappa shape index (κ1) is 21.9. The van der Waals surface area contributed by atoms with Crippen molar-refractivity contribution in [3.63, 3.8) is 0 Å². The molecule has 0 nitrogen and oxygen atoms in total. The first-order valence-corrected chi connectivity index (χ1v) is 6.09. The van der Waals surface area contributed by atoms with Gasteiger partial charge in [-0.05, 0) is 38.0 Å². The van der Waals surface area contributed by atoms with Crippen molar-refractivity contribution in [2.24, 2.45) is 0 Å². The van der Waals surface area contributed by atoms with E-state index in [1.165, 1.54) is 13.8 Å². The fourth-order valence-corrected chi connectivity index (χ4v) is 1.52. The van der Waals surface area contributed by atoms with E-state index in [2.05, 4.69) is 0 Å². The maximum Gasteiger partial charge on any atom is 0.200 e. The quantitative estimate of drug-likeness (QED) is 0.306. The van der Waals surface area contributed by atoms with Gasteiger partial charge in [-0.15, -0.1) is 0 Å². The van der Waals surface area contributed by atoms with Gasteiger partial charge in [0.2, 0.25) is 5.82 Å². The van der Waals surface area contributed by atoms with Gasteiger partial charge in [-0.25, -0.2) is 35.1 Å². The summed E-state index contributed by atoms with van der Waals surface area (Å²) in [6.07, 6.45) is 0. The number of halogens is 8. The fraction of sp³-hybridized carbons (Fsp3) is 0.250. The molecular formula is C16H14F8. The van der Waals surface area contributed by atoms with Crippen LogP contribution >= 0.6 is 0 Å². The minimum absolute atomic E-state index is 0. The smallest absolute Gasteiger partial charge is 0.200 e. The molecule has 8 heteroatoms. The third-order valence-corrected chi connectivity index (χ3v) is 3.10. The largest absolute Gasteiger partial charge is 0.204 e. The van der Waals surface area contributed by atoms with Crippen LogP contribution in [0.15, 0.2) is 6.07 Å². The van der Waals surface area contributed by atoms with E-state index in [0.717, 1.165) is 13.0 Å². The first-order chi connectivity index (χ1) is 10.5. The highest BCUT2D eigenvalue weighted by Gasteiger charge is 2.22. The lowest BCUT2D eigenvalue weighted by molar-refractivity contribution is 0.373. The van der Waals surface area contributed by atoms with Crippen LogP contribution in [0.2, 0.25) is 0 Å². The summed E-state index contributed by atoms with van der Waals surface area (Å²) in [5, 5.41) is 0. The lowest BCUT2D eigenvalue weighted by atomic mass is 10.1. The van der Waals surface area contributed by atoms with Gasteiger partial charge < -0.3 is 0 Å². The molecule has 0 spiro atoms. The first-order valence-electron chi connectivity index (χ1n) is 6.09. The molecule has 0 saturated heterocycles. The van der Waals surface area contributed by atoms with Gasteiger partial charge >= 0.3 is 0 Å². The summed E-state index contributed by atoms with van der Waals surface area (Å²) in [7, 11) is 0. The molecule has 2 aromatic rings. The summed E-state index contributed by atoms with van der Waals surface area (Å²) >= 11 is 0. The van der Waals surface area contributed by atoms with E-state index in [4.69, 9.17) is 0 Å². The number of benzene rings is 2. The highest BCUT2D eigenvalue weighted by molar-refractivity contribution is 5.27. The van der Waals surface area contributed by atoms with Gasteiger partial charge in [-0.1, -0.05) is 7.43 Å². The minimum atomic E-state index is -2.13. The Bertz CT molecular complexity index is 621. The molecule has 2 aromatic carbocycles. The second kappa shape index (κ2) is 8.12. The molecule has 0 atom stereocenters. The van der Waals surface area contributed by atoms with Crippen LogP contribution in [0.3, 0.4) is 0 Å². The molecule has 0 aliphatic carbocycles. The van der Waals surface area contributed by atoms with Crippen LogP contribution in [0.1, 0.15) is 24.1 Å².